The SMILES string of the molecule is O=C1C(Sc2ccccc2)=C(N2CCc3ccccc3C2)C(=O)N1c1ccccc1F. The maximum Gasteiger partial charge on any atom is 0.283 e. The predicted molar refractivity (Wildman–Crippen MR) is 119 cm³/mol. The maximum absolute atomic E-state index is 14.5. The molecule has 3 aromatic rings. The standard InChI is InChI=1S/C25H19FN2O2S/c26-20-12-6-7-13-21(20)28-24(29)22(23(25(28)30)31-19-10-2-1-3-11-19)27-15-14-17-8-4-5-9-18(17)16-27/h1-13H,14-16H2. The van der Waals surface area contributed by atoms with Gasteiger partial charge in [0.1, 0.15) is 16.4 Å². The van der Waals surface area contributed by atoms with Crippen LogP contribution >= 0.6 is 11.8 Å². The topological polar surface area (TPSA) is 40.6 Å². The zero-order valence-corrected chi connectivity index (χ0v) is 17.4. The fourth-order valence-electron chi connectivity index (χ4n) is 4.01. The molecule has 0 aromatic heterocycles. The number of nitrogens with zero attached hydrogens (tertiary/aromatic N) is 2. The van der Waals surface area contributed by atoms with Crippen LogP contribution < -0.4 is 4.90 Å². The summed E-state index contributed by atoms with van der Waals surface area (Å²) in [6.45, 7) is 1.16. The van der Waals surface area contributed by atoms with Crippen LogP contribution in [0.15, 0.2) is 94.4 Å². The van der Waals surface area contributed by atoms with Crippen molar-refractivity contribution in [3.63, 3.8) is 0 Å². The molecular weight excluding hydrogens is 411 g/mol. The molecule has 0 bridgehead atoms. The van der Waals surface area contributed by atoms with Crippen LogP contribution in [0.3, 0.4) is 0 Å². The van der Waals surface area contributed by atoms with Gasteiger partial charge in [-0.15, -0.1) is 0 Å². The van der Waals surface area contributed by atoms with Gasteiger partial charge in [-0.2, -0.15) is 0 Å². The van der Waals surface area contributed by atoms with Crippen LogP contribution in [-0.2, 0) is 22.6 Å². The van der Waals surface area contributed by atoms with E-state index in [9.17, 15) is 14.0 Å². The summed E-state index contributed by atoms with van der Waals surface area (Å²) in [6, 6.07) is 23.5. The molecule has 0 fully saturated rings. The number of carbonyl (C=O) groups excluding carboxylic acids is 2. The first-order valence-electron chi connectivity index (χ1n) is 10.1. The highest BCUT2D eigenvalue weighted by Crippen LogP contribution is 2.40. The first kappa shape index (κ1) is 19.6. The minimum atomic E-state index is -0.599. The summed E-state index contributed by atoms with van der Waals surface area (Å²) in [5.74, 6) is -1.57. The van der Waals surface area contributed by atoms with Crippen LogP contribution in [0, 0.1) is 5.82 Å². The van der Waals surface area contributed by atoms with Gasteiger partial charge in [0.25, 0.3) is 11.8 Å². The molecule has 31 heavy (non-hydrogen) atoms. The Bertz CT molecular complexity index is 1210. The van der Waals surface area contributed by atoms with Gasteiger partial charge < -0.3 is 4.90 Å². The minimum Gasteiger partial charge on any atom is -0.361 e. The monoisotopic (exact) mass is 430 g/mol. The number of para-hydroxylation sites is 1. The fraction of sp³-hybridized carbons (Fsp3) is 0.120. The van der Waals surface area contributed by atoms with E-state index in [1.54, 1.807) is 12.1 Å². The summed E-state index contributed by atoms with van der Waals surface area (Å²) in [5, 5.41) is 0. The Balaban J connectivity index is 1.57. The lowest BCUT2D eigenvalue weighted by Gasteiger charge is -2.31. The van der Waals surface area contributed by atoms with Crippen molar-refractivity contribution in [1.29, 1.82) is 0 Å². The molecule has 2 amide bonds. The molecule has 0 aliphatic carbocycles. The molecule has 0 saturated carbocycles. The molecule has 2 aliphatic rings. The molecule has 0 spiro atoms. The Morgan fingerprint density at radius 1 is 0.774 bits per heavy atom. The highest BCUT2D eigenvalue weighted by Gasteiger charge is 2.43. The molecule has 4 nitrogen and oxygen atoms in total. The summed E-state index contributed by atoms with van der Waals surface area (Å²) in [5.41, 5.74) is 2.71. The molecule has 0 unspecified atom stereocenters. The number of anilines is 1. The second kappa shape index (κ2) is 8.04. The average Bonchev–Trinajstić information content (AvgIpc) is 3.04. The van der Waals surface area contributed by atoms with Crippen molar-refractivity contribution >= 4 is 29.3 Å². The first-order chi connectivity index (χ1) is 15.1. The largest absolute Gasteiger partial charge is 0.361 e. The molecule has 154 valence electrons. The molecule has 0 N–H and O–H groups in total. The number of hydrogen-bond donors (Lipinski definition) is 0. The summed E-state index contributed by atoms with van der Waals surface area (Å²) in [6.07, 6.45) is 0.782. The Kier molecular flexibility index (Phi) is 5.08. The number of benzene rings is 3. The van der Waals surface area contributed by atoms with Crippen LogP contribution in [0.1, 0.15) is 11.1 Å². The van der Waals surface area contributed by atoms with Crippen molar-refractivity contribution in [2.75, 3.05) is 11.4 Å². The summed E-state index contributed by atoms with van der Waals surface area (Å²) < 4.78 is 14.5. The van der Waals surface area contributed by atoms with Gasteiger partial charge in [0.15, 0.2) is 0 Å². The molecule has 0 radical (unpaired) electrons. The van der Waals surface area contributed by atoms with Crippen molar-refractivity contribution in [3.05, 3.63) is 106 Å². The van der Waals surface area contributed by atoms with Gasteiger partial charge in [0.2, 0.25) is 0 Å². The van der Waals surface area contributed by atoms with E-state index in [4.69, 9.17) is 0 Å². The zero-order chi connectivity index (χ0) is 21.4. The number of amides is 2. The lowest BCUT2D eigenvalue weighted by Crippen LogP contribution is -2.37. The highest BCUT2D eigenvalue weighted by atomic mass is 32.2. The minimum absolute atomic E-state index is 0.0175. The highest BCUT2D eigenvalue weighted by molar-refractivity contribution is 8.04. The lowest BCUT2D eigenvalue weighted by molar-refractivity contribution is -0.121. The van der Waals surface area contributed by atoms with Gasteiger partial charge in [0, 0.05) is 18.0 Å². The van der Waals surface area contributed by atoms with Gasteiger partial charge >= 0.3 is 0 Å². The van der Waals surface area contributed by atoms with Crippen molar-refractivity contribution in [1.82, 2.24) is 4.90 Å². The van der Waals surface area contributed by atoms with Crippen LogP contribution in [0.2, 0.25) is 0 Å². The van der Waals surface area contributed by atoms with Crippen molar-refractivity contribution in [2.45, 2.75) is 17.9 Å². The summed E-state index contributed by atoms with van der Waals surface area (Å²) in [7, 11) is 0. The fourth-order valence-corrected chi connectivity index (χ4v) is 5.03. The quantitative estimate of drug-likeness (QED) is 0.560. The predicted octanol–water partition coefficient (Wildman–Crippen LogP) is 4.76. The smallest absolute Gasteiger partial charge is 0.283 e. The Morgan fingerprint density at radius 2 is 1.45 bits per heavy atom. The molecule has 2 aliphatic heterocycles. The third kappa shape index (κ3) is 3.53. The number of halogens is 1. The maximum atomic E-state index is 14.5. The number of rotatable bonds is 4. The van der Waals surface area contributed by atoms with E-state index < -0.39 is 17.6 Å². The van der Waals surface area contributed by atoms with E-state index >= 15 is 0 Å². The zero-order valence-electron chi connectivity index (χ0n) is 16.6. The lowest BCUT2D eigenvalue weighted by atomic mass is 9.99. The Morgan fingerprint density at radius 3 is 2.23 bits per heavy atom. The molecule has 0 saturated heterocycles. The molecule has 0 atom stereocenters. The number of fused-ring (bicyclic) bond motifs is 1. The van der Waals surface area contributed by atoms with E-state index in [2.05, 4.69) is 6.07 Å². The number of imide groups is 1. The summed E-state index contributed by atoms with van der Waals surface area (Å²) in [4.78, 5) is 31.0. The first-order valence-corrected chi connectivity index (χ1v) is 10.9. The second-order valence-corrected chi connectivity index (χ2v) is 8.51. The van der Waals surface area contributed by atoms with Gasteiger partial charge in [-0.3, -0.25) is 9.59 Å². The van der Waals surface area contributed by atoms with E-state index in [0.29, 0.717) is 23.7 Å². The average molecular weight is 431 g/mol. The van der Waals surface area contributed by atoms with Crippen LogP contribution in [-0.4, -0.2) is 23.3 Å². The molecule has 5 rings (SSSR count). The van der Waals surface area contributed by atoms with Crippen molar-refractivity contribution in [3.8, 4) is 0 Å². The van der Waals surface area contributed by atoms with E-state index in [-0.39, 0.29) is 5.69 Å². The number of hydrogen-bond acceptors (Lipinski definition) is 4. The van der Waals surface area contributed by atoms with E-state index in [1.807, 2.05) is 53.4 Å². The van der Waals surface area contributed by atoms with Gasteiger partial charge in [-0.1, -0.05) is 66.4 Å². The van der Waals surface area contributed by atoms with Crippen LogP contribution in [0.5, 0.6) is 0 Å². The van der Waals surface area contributed by atoms with E-state index in [0.717, 1.165) is 21.8 Å². The van der Waals surface area contributed by atoms with Gasteiger partial charge in [-0.05, 0) is 41.8 Å². The van der Waals surface area contributed by atoms with Gasteiger partial charge in [0.05, 0.1) is 5.69 Å². The summed E-state index contributed by atoms with van der Waals surface area (Å²) >= 11 is 1.25. The van der Waals surface area contributed by atoms with Crippen LogP contribution in [0.25, 0.3) is 0 Å². The number of thioether (sulfide) groups is 1. The van der Waals surface area contributed by atoms with Crippen LogP contribution in [0.4, 0.5) is 10.1 Å². The third-order valence-electron chi connectivity index (χ3n) is 5.52. The Labute approximate surface area is 184 Å². The Hall–Kier alpha value is -3.38. The van der Waals surface area contributed by atoms with E-state index in [1.165, 1.54) is 29.5 Å². The third-order valence-corrected chi connectivity index (χ3v) is 6.60. The van der Waals surface area contributed by atoms with Gasteiger partial charge in [-0.25, -0.2) is 9.29 Å². The molecule has 2 heterocycles. The van der Waals surface area contributed by atoms with Crippen molar-refractivity contribution < 1.29 is 14.0 Å². The number of carbonyl (C=O) groups is 2. The molecule has 3 aromatic carbocycles. The van der Waals surface area contributed by atoms with Crippen molar-refractivity contribution in [2.24, 2.45) is 0 Å². The second-order valence-electron chi connectivity index (χ2n) is 7.43. The molecular formula is C25H19FN2O2S. The normalized spacial score (nSPS) is 16.2. The molecule has 6 heteroatoms.